The van der Waals surface area contributed by atoms with Crippen LogP contribution in [0.4, 0.5) is 5.69 Å². The molecule has 4 nitrogen and oxygen atoms in total. The van der Waals surface area contributed by atoms with Gasteiger partial charge in [-0.1, -0.05) is 30.3 Å². The molecule has 16 heavy (non-hydrogen) atoms. The molecule has 0 fully saturated rings. The topological polar surface area (TPSA) is 53.1 Å². The molecule has 1 aromatic carbocycles. The van der Waals surface area contributed by atoms with E-state index in [4.69, 9.17) is 10.5 Å². The lowest BCUT2D eigenvalue weighted by molar-refractivity contribution is 0.111. The molecule has 84 valence electrons. The Morgan fingerprint density at radius 2 is 2.06 bits per heavy atom. The molecule has 2 rings (SSSR count). The number of rotatable bonds is 5. The van der Waals surface area contributed by atoms with Gasteiger partial charge in [0.15, 0.2) is 0 Å². The molecule has 2 N–H and O–H groups in total. The molecule has 0 aliphatic rings. The summed E-state index contributed by atoms with van der Waals surface area (Å²) in [6, 6.07) is 10.1. The molecule has 0 aliphatic carbocycles. The van der Waals surface area contributed by atoms with Crippen LogP contribution in [0, 0.1) is 0 Å². The average Bonchev–Trinajstić information content (AvgIpc) is 2.72. The maximum atomic E-state index is 5.55. The van der Waals surface area contributed by atoms with Gasteiger partial charge >= 0.3 is 0 Å². The third kappa shape index (κ3) is 3.10. The Labute approximate surface area is 94.6 Å². The van der Waals surface area contributed by atoms with Crippen LogP contribution >= 0.6 is 0 Å². The molecule has 4 heteroatoms. The highest BCUT2D eigenvalue weighted by atomic mass is 16.5. The first-order chi connectivity index (χ1) is 7.84. The SMILES string of the molecule is Nc1cnn(CCOCc2ccccc2)c1. The maximum absolute atomic E-state index is 5.55. The Kier molecular flexibility index (Phi) is 3.56. The maximum Gasteiger partial charge on any atom is 0.0719 e. The van der Waals surface area contributed by atoms with E-state index in [1.165, 1.54) is 5.56 Å². The van der Waals surface area contributed by atoms with Crippen LogP contribution in [0.25, 0.3) is 0 Å². The lowest BCUT2D eigenvalue weighted by atomic mass is 10.2. The molecule has 0 amide bonds. The van der Waals surface area contributed by atoms with E-state index >= 15 is 0 Å². The van der Waals surface area contributed by atoms with Gasteiger partial charge in [0.2, 0.25) is 0 Å². The van der Waals surface area contributed by atoms with Crippen molar-refractivity contribution in [3.05, 3.63) is 48.3 Å². The highest BCUT2D eigenvalue weighted by Gasteiger charge is 1.95. The van der Waals surface area contributed by atoms with Gasteiger partial charge in [-0.3, -0.25) is 4.68 Å². The van der Waals surface area contributed by atoms with Crippen LogP contribution in [-0.4, -0.2) is 16.4 Å². The third-order valence-corrected chi connectivity index (χ3v) is 2.23. The van der Waals surface area contributed by atoms with E-state index in [0.29, 0.717) is 18.9 Å². The first kappa shape index (κ1) is 10.7. The van der Waals surface area contributed by atoms with E-state index in [2.05, 4.69) is 5.10 Å². The summed E-state index contributed by atoms with van der Waals surface area (Å²) < 4.78 is 7.31. The molecule has 0 bridgehead atoms. The predicted octanol–water partition coefficient (Wildman–Crippen LogP) is 1.68. The molecule has 0 saturated carbocycles. The van der Waals surface area contributed by atoms with Crippen LogP contribution in [0.2, 0.25) is 0 Å². The van der Waals surface area contributed by atoms with E-state index in [1.807, 2.05) is 30.3 Å². The lowest BCUT2D eigenvalue weighted by Crippen LogP contribution is -2.06. The standard InChI is InChI=1S/C12H15N3O/c13-12-8-14-15(9-12)6-7-16-10-11-4-2-1-3-5-11/h1-5,8-9H,6-7,10,13H2. The Morgan fingerprint density at radius 3 is 2.75 bits per heavy atom. The Balaban J connectivity index is 1.69. The second kappa shape index (κ2) is 5.32. The van der Waals surface area contributed by atoms with Crippen LogP contribution in [0.15, 0.2) is 42.7 Å². The summed E-state index contributed by atoms with van der Waals surface area (Å²) >= 11 is 0. The van der Waals surface area contributed by atoms with Crippen molar-refractivity contribution in [2.45, 2.75) is 13.2 Å². The van der Waals surface area contributed by atoms with Crippen molar-refractivity contribution >= 4 is 5.69 Å². The average molecular weight is 217 g/mol. The van der Waals surface area contributed by atoms with Crippen molar-refractivity contribution in [2.75, 3.05) is 12.3 Å². The molecule has 0 unspecified atom stereocenters. The molecule has 1 heterocycles. The fourth-order valence-corrected chi connectivity index (χ4v) is 1.42. The Hall–Kier alpha value is -1.81. The van der Waals surface area contributed by atoms with Gasteiger partial charge in [-0.15, -0.1) is 0 Å². The van der Waals surface area contributed by atoms with Crippen molar-refractivity contribution in [2.24, 2.45) is 0 Å². The highest BCUT2D eigenvalue weighted by Crippen LogP contribution is 2.01. The second-order valence-corrected chi connectivity index (χ2v) is 3.57. The quantitative estimate of drug-likeness (QED) is 0.775. The van der Waals surface area contributed by atoms with Crippen molar-refractivity contribution in [1.82, 2.24) is 9.78 Å². The van der Waals surface area contributed by atoms with Gasteiger partial charge in [0, 0.05) is 6.20 Å². The summed E-state index contributed by atoms with van der Waals surface area (Å²) in [6.07, 6.45) is 3.43. The van der Waals surface area contributed by atoms with Crippen LogP contribution < -0.4 is 5.73 Å². The fraction of sp³-hybridized carbons (Fsp3) is 0.250. The van der Waals surface area contributed by atoms with E-state index < -0.39 is 0 Å². The molecule has 1 aromatic heterocycles. The van der Waals surface area contributed by atoms with Gasteiger partial charge in [0.1, 0.15) is 0 Å². The zero-order valence-corrected chi connectivity index (χ0v) is 9.04. The molecule has 0 spiro atoms. The minimum absolute atomic E-state index is 0.635. The number of nitrogens with zero attached hydrogens (tertiary/aromatic N) is 2. The van der Waals surface area contributed by atoms with E-state index in [0.717, 1.165) is 6.54 Å². The van der Waals surface area contributed by atoms with E-state index in [9.17, 15) is 0 Å². The largest absolute Gasteiger partial charge is 0.396 e. The number of hydrogen-bond donors (Lipinski definition) is 1. The van der Waals surface area contributed by atoms with E-state index in [-0.39, 0.29) is 0 Å². The number of anilines is 1. The van der Waals surface area contributed by atoms with Crippen LogP contribution in [0.3, 0.4) is 0 Å². The minimum atomic E-state index is 0.635. The van der Waals surface area contributed by atoms with Crippen LogP contribution in [-0.2, 0) is 17.9 Å². The summed E-state index contributed by atoms with van der Waals surface area (Å²) in [6.45, 7) is 2.00. The molecular formula is C12H15N3O. The number of aromatic nitrogens is 2. The van der Waals surface area contributed by atoms with Crippen molar-refractivity contribution in [3.63, 3.8) is 0 Å². The van der Waals surface area contributed by atoms with E-state index in [1.54, 1.807) is 17.1 Å². The van der Waals surface area contributed by atoms with Gasteiger partial charge in [0.05, 0.1) is 31.6 Å². The lowest BCUT2D eigenvalue weighted by Gasteiger charge is -2.04. The number of nitrogen functional groups attached to an aromatic ring is 1. The summed E-state index contributed by atoms with van der Waals surface area (Å²) in [5, 5.41) is 4.07. The van der Waals surface area contributed by atoms with Crippen LogP contribution in [0.5, 0.6) is 0 Å². The molecule has 2 aromatic rings. The van der Waals surface area contributed by atoms with Crippen molar-refractivity contribution < 1.29 is 4.74 Å². The number of ether oxygens (including phenoxy) is 1. The molecule has 0 radical (unpaired) electrons. The monoisotopic (exact) mass is 217 g/mol. The summed E-state index contributed by atoms with van der Waals surface area (Å²) in [4.78, 5) is 0. The van der Waals surface area contributed by atoms with Crippen LogP contribution in [0.1, 0.15) is 5.56 Å². The summed E-state index contributed by atoms with van der Waals surface area (Å²) in [7, 11) is 0. The number of hydrogen-bond acceptors (Lipinski definition) is 3. The fourth-order valence-electron chi connectivity index (χ4n) is 1.42. The van der Waals surface area contributed by atoms with Gasteiger partial charge in [-0.25, -0.2) is 0 Å². The Morgan fingerprint density at radius 1 is 1.25 bits per heavy atom. The highest BCUT2D eigenvalue weighted by molar-refractivity contribution is 5.30. The first-order valence-electron chi connectivity index (χ1n) is 5.24. The smallest absolute Gasteiger partial charge is 0.0719 e. The Bertz CT molecular complexity index is 425. The molecule has 0 aliphatic heterocycles. The zero-order valence-electron chi connectivity index (χ0n) is 9.04. The van der Waals surface area contributed by atoms with Gasteiger partial charge < -0.3 is 10.5 Å². The third-order valence-electron chi connectivity index (χ3n) is 2.23. The predicted molar refractivity (Wildman–Crippen MR) is 62.7 cm³/mol. The van der Waals surface area contributed by atoms with Gasteiger partial charge in [-0.2, -0.15) is 5.10 Å². The molecular weight excluding hydrogens is 202 g/mol. The van der Waals surface area contributed by atoms with Gasteiger partial charge in [-0.05, 0) is 5.56 Å². The molecule has 0 saturated heterocycles. The number of benzene rings is 1. The summed E-state index contributed by atoms with van der Waals surface area (Å²) in [5.41, 5.74) is 7.42. The van der Waals surface area contributed by atoms with Crippen molar-refractivity contribution in [3.8, 4) is 0 Å². The first-order valence-corrected chi connectivity index (χ1v) is 5.24. The van der Waals surface area contributed by atoms with Crippen molar-refractivity contribution in [1.29, 1.82) is 0 Å². The zero-order chi connectivity index (χ0) is 11.2. The second-order valence-electron chi connectivity index (χ2n) is 3.57. The summed E-state index contributed by atoms with van der Waals surface area (Å²) in [5.74, 6) is 0. The number of nitrogens with two attached hydrogens (primary N) is 1. The van der Waals surface area contributed by atoms with Gasteiger partial charge in [0.25, 0.3) is 0 Å². The molecule has 0 atom stereocenters. The normalized spacial score (nSPS) is 10.5. The minimum Gasteiger partial charge on any atom is -0.396 e.